The van der Waals surface area contributed by atoms with Crippen LogP contribution in [0.1, 0.15) is 32.1 Å². The van der Waals surface area contributed by atoms with Crippen molar-refractivity contribution in [2.75, 3.05) is 6.61 Å². The number of rotatable bonds is 6. The molecule has 0 unspecified atom stereocenters. The van der Waals surface area contributed by atoms with Crippen LogP contribution in [-0.4, -0.2) is 31.3 Å². The van der Waals surface area contributed by atoms with Gasteiger partial charge in [-0.15, -0.1) is 0 Å². The Morgan fingerprint density at radius 3 is 2.39 bits per heavy atom. The predicted octanol–water partition coefficient (Wildman–Crippen LogP) is 3.06. The fourth-order valence-electron chi connectivity index (χ4n) is 3.18. The number of Topliss-reactive ketones (excluding diaryl/α,β-unsaturated/α-hetero) is 1. The van der Waals surface area contributed by atoms with E-state index in [4.69, 9.17) is 9.88 Å². The van der Waals surface area contributed by atoms with Crippen molar-refractivity contribution in [1.82, 2.24) is 4.57 Å². The molecule has 0 amide bonds. The van der Waals surface area contributed by atoms with Crippen molar-refractivity contribution in [3.63, 3.8) is 0 Å². The van der Waals surface area contributed by atoms with Crippen molar-refractivity contribution in [3.8, 4) is 5.69 Å². The van der Waals surface area contributed by atoms with Gasteiger partial charge in [-0.25, -0.2) is 27.1 Å². The minimum atomic E-state index is -4.16. The van der Waals surface area contributed by atoms with Gasteiger partial charge in [0.15, 0.2) is 6.61 Å². The quantitative estimate of drug-likeness (QED) is 0.461. The van der Waals surface area contributed by atoms with Crippen LogP contribution in [0.15, 0.2) is 53.4 Å². The summed E-state index contributed by atoms with van der Waals surface area (Å²) in [5.41, 5.74) is 1.27. The number of sulfonamides is 1. The Balaban J connectivity index is 1.81. The second-order valence-corrected chi connectivity index (χ2v) is 8.35. The van der Waals surface area contributed by atoms with Crippen LogP contribution in [0.25, 0.3) is 5.69 Å². The number of nitrogens with two attached hydrogens (primary N) is 1. The first-order chi connectivity index (χ1) is 14.5. The lowest BCUT2D eigenvalue weighted by molar-refractivity contribution is 0.0469. The molecule has 0 atom stereocenters. The van der Waals surface area contributed by atoms with Crippen molar-refractivity contribution in [1.29, 1.82) is 0 Å². The summed E-state index contributed by atoms with van der Waals surface area (Å²) >= 11 is 0. The van der Waals surface area contributed by atoms with Gasteiger partial charge in [-0.1, -0.05) is 6.07 Å². The molecule has 0 aliphatic carbocycles. The molecule has 0 aliphatic heterocycles. The average molecular weight is 448 g/mol. The first-order valence-electron chi connectivity index (χ1n) is 8.96. The Morgan fingerprint density at radius 1 is 1.03 bits per heavy atom. The number of primary sulfonamides is 1. The molecule has 10 heteroatoms. The van der Waals surface area contributed by atoms with Crippen LogP contribution in [0.2, 0.25) is 0 Å². The van der Waals surface area contributed by atoms with E-state index in [1.54, 1.807) is 30.5 Å². The Bertz CT molecular complexity index is 1300. The van der Waals surface area contributed by atoms with Crippen molar-refractivity contribution >= 4 is 21.8 Å². The summed E-state index contributed by atoms with van der Waals surface area (Å²) < 4.78 is 56.9. The lowest BCUT2D eigenvalue weighted by atomic mass is 10.1. The highest BCUT2D eigenvalue weighted by Crippen LogP contribution is 2.22. The van der Waals surface area contributed by atoms with Gasteiger partial charge >= 0.3 is 5.97 Å². The number of carbonyl (C=O) groups is 2. The lowest BCUT2D eigenvalue weighted by Gasteiger charge is -2.10. The van der Waals surface area contributed by atoms with E-state index in [0.717, 1.165) is 18.2 Å². The highest BCUT2D eigenvalue weighted by molar-refractivity contribution is 7.89. The van der Waals surface area contributed by atoms with Crippen LogP contribution < -0.4 is 5.14 Å². The largest absolute Gasteiger partial charge is 0.454 e. The van der Waals surface area contributed by atoms with E-state index < -0.39 is 50.5 Å². The van der Waals surface area contributed by atoms with Gasteiger partial charge in [0.2, 0.25) is 15.8 Å². The number of nitrogens with zero attached hydrogens (tertiary/aromatic N) is 1. The summed E-state index contributed by atoms with van der Waals surface area (Å²) in [6.45, 7) is 2.68. The van der Waals surface area contributed by atoms with Crippen molar-refractivity contribution < 1.29 is 31.5 Å². The minimum absolute atomic E-state index is 0.244. The molecule has 31 heavy (non-hydrogen) atoms. The molecule has 3 rings (SSSR count). The third-order valence-electron chi connectivity index (χ3n) is 4.62. The molecule has 2 N–H and O–H groups in total. The SMILES string of the molecule is Cc1cc(C(=O)COC(=O)c2cc(S(N)(=O)=O)ccc2F)c(C)n1-c1cccc(F)c1. The van der Waals surface area contributed by atoms with E-state index in [0.29, 0.717) is 17.1 Å². The van der Waals surface area contributed by atoms with E-state index in [2.05, 4.69) is 0 Å². The Hall–Kier alpha value is -3.37. The zero-order chi connectivity index (χ0) is 22.9. The number of ketones is 1. The van der Waals surface area contributed by atoms with Crippen molar-refractivity contribution in [2.45, 2.75) is 18.7 Å². The molecule has 162 valence electrons. The summed E-state index contributed by atoms with van der Waals surface area (Å²) in [5, 5.41) is 4.98. The van der Waals surface area contributed by atoms with E-state index >= 15 is 0 Å². The molecule has 0 aliphatic rings. The van der Waals surface area contributed by atoms with Crippen LogP contribution >= 0.6 is 0 Å². The van der Waals surface area contributed by atoms with Gasteiger partial charge in [0.05, 0.1) is 10.5 Å². The maximum absolute atomic E-state index is 13.9. The Labute approximate surface area is 177 Å². The number of esters is 1. The number of carbonyl (C=O) groups excluding carboxylic acids is 2. The third-order valence-corrected chi connectivity index (χ3v) is 5.53. The second-order valence-electron chi connectivity index (χ2n) is 6.79. The molecule has 0 fully saturated rings. The van der Waals surface area contributed by atoms with Gasteiger partial charge in [-0.05, 0) is 56.3 Å². The predicted molar refractivity (Wildman–Crippen MR) is 108 cm³/mol. The molecule has 7 nitrogen and oxygen atoms in total. The summed E-state index contributed by atoms with van der Waals surface area (Å²) in [6.07, 6.45) is 0. The van der Waals surface area contributed by atoms with Gasteiger partial charge in [0.1, 0.15) is 11.6 Å². The molecule has 1 aromatic heterocycles. The fraction of sp³-hybridized carbons (Fsp3) is 0.143. The van der Waals surface area contributed by atoms with Crippen LogP contribution in [0, 0.1) is 25.5 Å². The fourth-order valence-corrected chi connectivity index (χ4v) is 3.72. The molecule has 1 heterocycles. The van der Waals surface area contributed by atoms with Crippen LogP contribution in [-0.2, 0) is 14.8 Å². The topological polar surface area (TPSA) is 108 Å². The first kappa shape index (κ1) is 22.3. The number of benzene rings is 2. The normalized spacial score (nSPS) is 11.4. The lowest BCUT2D eigenvalue weighted by Crippen LogP contribution is -2.17. The van der Waals surface area contributed by atoms with Gasteiger partial charge in [0, 0.05) is 22.6 Å². The van der Waals surface area contributed by atoms with Gasteiger partial charge < -0.3 is 9.30 Å². The van der Waals surface area contributed by atoms with Crippen molar-refractivity contribution in [3.05, 3.63) is 82.7 Å². The minimum Gasteiger partial charge on any atom is -0.454 e. The molecule has 0 saturated carbocycles. The molecular formula is C21H18F2N2O5S. The molecule has 0 spiro atoms. The molecule has 3 aromatic rings. The van der Waals surface area contributed by atoms with E-state index in [9.17, 15) is 26.8 Å². The zero-order valence-corrected chi connectivity index (χ0v) is 17.4. The number of aryl methyl sites for hydroxylation is 1. The number of hydrogen-bond donors (Lipinski definition) is 1. The molecular weight excluding hydrogens is 430 g/mol. The number of hydrogen-bond acceptors (Lipinski definition) is 5. The average Bonchev–Trinajstić information content (AvgIpc) is 2.99. The number of halogens is 2. The molecule has 0 bridgehead atoms. The smallest absolute Gasteiger partial charge is 0.341 e. The second kappa shape index (κ2) is 8.40. The van der Waals surface area contributed by atoms with Crippen molar-refractivity contribution in [2.24, 2.45) is 5.14 Å². The Kier molecular flexibility index (Phi) is 6.05. The summed E-state index contributed by atoms with van der Waals surface area (Å²) in [6, 6.07) is 9.82. The molecule has 0 saturated heterocycles. The maximum Gasteiger partial charge on any atom is 0.341 e. The highest BCUT2D eigenvalue weighted by Gasteiger charge is 2.21. The van der Waals surface area contributed by atoms with E-state index in [-0.39, 0.29) is 5.56 Å². The Morgan fingerprint density at radius 2 is 1.74 bits per heavy atom. The van der Waals surface area contributed by atoms with Gasteiger partial charge in [-0.3, -0.25) is 4.79 Å². The van der Waals surface area contributed by atoms with Gasteiger partial charge in [-0.2, -0.15) is 0 Å². The van der Waals surface area contributed by atoms with E-state index in [1.165, 1.54) is 18.2 Å². The zero-order valence-electron chi connectivity index (χ0n) is 16.6. The van der Waals surface area contributed by atoms with Crippen LogP contribution in [0.5, 0.6) is 0 Å². The summed E-state index contributed by atoms with van der Waals surface area (Å²) in [5.74, 6) is -3.23. The number of ether oxygens (including phenoxy) is 1. The van der Waals surface area contributed by atoms with Gasteiger partial charge in [0.25, 0.3) is 0 Å². The van der Waals surface area contributed by atoms with Crippen LogP contribution in [0.4, 0.5) is 8.78 Å². The third kappa shape index (κ3) is 4.70. The summed E-state index contributed by atoms with van der Waals surface area (Å²) in [4.78, 5) is 24.3. The summed E-state index contributed by atoms with van der Waals surface area (Å²) in [7, 11) is -4.16. The van der Waals surface area contributed by atoms with E-state index in [1.807, 2.05) is 0 Å². The van der Waals surface area contributed by atoms with Crippen LogP contribution in [0.3, 0.4) is 0 Å². The standard InChI is InChI=1S/C21H18F2N2O5S/c1-12-8-17(13(2)25(12)15-5-3-4-14(22)9-15)20(26)11-30-21(27)18-10-16(31(24,28)29)6-7-19(18)23/h3-10H,11H2,1-2H3,(H2,24,28,29). The maximum atomic E-state index is 13.9. The monoisotopic (exact) mass is 448 g/mol. The molecule has 0 radical (unpaired) electrons. The number of aromatic nitrogens is 1. The first-order valence-corrected chi connectivity index (χ1v) is 10.5. The molecule has 2 aromatic carbocycles. The highest BCUT2D eigenvalue weighted by atomic mass is 32.2.